The molecule has 1 aromatic carbocycles. The minimum Gasteiger partial charge on any atom is -0.350 e. The maximum absolute atomic E-state index is 12.1. The van der Waals surface area contributed by atoms with Gasteiger partial charge in [0.25, 0.3) is 0 Å². The molecule has 0 heterocycles. The van der Waals surface area contributed by atoms with Gasteiger partial charge in [0.2, 0.25) is 5.91 Å². The summed E-state index contributed by atoms with van der Waals surface area (Å²) in [6.45, 7) is 9.31. The lowest BCUT2D eigenvalue weighted by Gasteiger charge is -2.24. The third-order valence-electron chi connectivity index (χ3n) is 3.13. The molecule has 0 aliphatic rings. The summed E-state index contributed by atoms with van der Waals surface area (Å²) in [5.41, 5.74) is 1.97. The monoisotopic (exact) mass is 248 g/mol. The summed E-state index contributed by atoms with van der Waals surface area (Å²) in [7, 11) is 0. The van der Waals surface area contributed by atoms with E-state index in [4.69, 9.17) is 0 Å². The van der Waals surface area contributed by atoms with E-state index in [1.807, 2.05) is 32.9 Å². The Kier molecular flexibility index (Phi) is 5.35. The van der Waals surface area contributed by atoms with Crippen LogP contribution in [0.15, 0.2) is 24.3 Å². The Morgan fingerprint density at radius 2 is 1.78 bits per heavy atom. The highest BCUT2D eigenvalue weighted by Crippen LogP contribution is 2.10. The van der Waals surface area contributed by atoms with Gasteiger partial charge in [0, 0.05) is 6.54 Å². The SMILES string of the molecule is CCNC(C)(C)C(=O)NCc1ccccc1CC. The van der Waals surface area contributed by atoms with E-state index in [1.54, 1.807) is 0 Å². The van der Waals surface area contributed by atoms with Crippen LogP contribution in [0.3, 0.4) is 0 Å². The molecule has 0 aromatic heterocycles. The van der Waals surface area contributed by atoms with Crippen LogP contribution in [-0.4, -0.2) is 18.0 Å². The molecule has 0 saturated carbocycles. The van der Waals surface area contributed by atoms with Crippen LogP contribution in [0.5, 0.6) is 0 Å². The number of amides is 1. The molecule has 18 heavy (non-hydrogen) atoms. The van der Waals surface area contributed by atoms with E-state index >= 15 is 0 Å². The van der Waals surface area contributed by atoms with Crippen molar-refractivity contribution in [2.45, 2.75) is 46.2 Å². The average molecular weight is 248 g/mol. The molecule has 0 fully saturated rings. The predicted molar refractivity (Wildman–Crippen MR) is 75.4 cm³/mol. The zero-order valence-corrected chi connectivity index (χ0v) is 11.8. The van der Waals surface area contributed by atoms with Gasteiger partial charge in [-0.1, -0.05) is 38.1 Å². The fraction of sp³-hybridized carbons (Fsp3) is 0.533. The summed E-state index contributed by atoms with van der Waals surface area (Å²) in [5, 5.41) is 6.17. The summed E-state index contributed by atoms with van der Waals surface area (Å²) in [6.07, 6.45) is 0.989. The Morgan fingerprint density at radius 1 is 1.17 bits per heavy atom. The summed E-state index contributed by atoms with van der Waals surface area (Å²) in [4.78, 5) is 12.1. The molecule has 0 radical (unpaired) electrons. The van der Waals surface area contributed by atoms with Crippen LogP contribution in [0.25, 0.3) is 0 Å². The van der Waals surface area contributed by atoms with Crippen LogP contribution in [0.1, 0.15) is 38.8 Å². The standard InChI is InChI=1S/C15H24N2O/c1-5-12-9-7-8-10-13(12)11-16-14(18)15(3,4)17-6-2/h7-10,17H,5-6,11H2,1-4H3,(H,16,18). The van der Waals surface area contributed by atoms with Gasteiger partial charge in [0.05, 0.1) is 5.54 Å². The number of hydrogen-bond acceptors (Lipinski definition) is 2. The summed E-state index contributed by atoms with van der Waals surface area (Å²) in [5.74, 6) is 0.0373. The molecule has 0 aliphatic carbocycles. The van der Waals surface area contributed by atoms with Crippen molar-refractivity contribution in [2.75, 3.05) is 6.54 Å². The first-order chi connectivity index (χ1) is 8.51. The van der Waals surface area contributed by atoms with Gasteiger partial charge in [-0.15, -0.1) is 0 Å². The lowest BCUT2D eigenvalue weighted by atomic mass is 10.0. The third kappa shape index (κ3) is 3.84. The number of rotatable bonds is 6. The van der Waals surface area contributed by atoms with Gasteiger partial charge in [-0.2, -0.15) is 0 Å². The molecule has 0 saturated heterocycles. The van der Waals surface area contributed by atoms with Crippen LogP contribution in [0.2, 0.25) is 0 Å². The van der Waals surface area contributed by atoms with E-state index < -0.39 is 5.54 Å². The van der Waals surface area contributed by atoms with Gasteiger partial charge in [-0.3, -0.25) is 4.79 Å². The smallest absolute Gasteiger partial charge is 0.239 e. The molecule has 0 unspecified atom stereocenters. The summed E-state index contributed by atoms with van der Waals surface area (Å²) in [6, 6.07) is 8.22. The maximum atomic E-state index is 12.1. The van der Waals surface area contributed by atoms with E-state index in [-0.39, 0.29) is 5.91 Å². The second kappa shape index (κ2) is 6.55. The molecule has 3 heteroatoms. The molecule has 1 rings (SSSR count). The molecule has 0 aliphatic heterocycles. The van der Waals surface area contributed by atoms with Crippen LogP contribution in [-0.2, 0) is 17.8 Å². The Morgan fingerprint density at radius 3 is 2.33 bits per heavy atom. The van der Waals surface area contributed by atoms with E-state index in [0.717, 1.165) is 13.0 Å². The number of nitrogens with one attached hydrogen (secondary N) is 2. The highest BCUT2D eigenvalue weighted by Gasteiger charge is 2.25. The summed E-state index contributed by atoms with van der Waals surface area (Å²) < 4.78 is 0. The van der Waals surface area contributed by atoms with E-state index in [2.05, 4.69) is 29.7 Å². The van der Waals surface area contributed by atoms with Crippen molar-refractivity contribution in [3.63, 3.8) is 0 Å². The van der Waals surface area contributed by atoms with E-state index in [9.17, 15) is 4.79 Å². The third-order valence-corrected chi connectivity index (χ3v) is 3.13. The first-order valence-corrected chi connectivity index (χ1v) is 6.61. The van der Waals surface area contributed by atoms with Crippen molar-refractivity contribution in [3.8, 4) is 0 Å². The highest BCUT2D eigenvalue weighted by molar-refractivity contribution is 5.85. The minimum absolute atomic E-state index is 0.0373. The summed E-state index contributed by atoms with van der Waals surface area (Å²) >= 11 is 0. The quantitative estimate of drug-likeness (QED) is 0.810. The minimum atomic E-state index is -0.518. The lowest BCUT2D eigenvalue weighted by molar-refractivity contribution is -0.126. The molecule has 0 spiro atoms. The van der Waals surface area contributed by atoms with Crippen molar-refractivity contribution < 1.29 is 4.79 Å². The molecule has 100 valence electrons. The second-order valence-corrected chi connectivity index (χ2v) is 4.96. The number of carbonyl (C=O) groups is 1. The fourth-order valence-corrected chi connectivity index (χ4v) is 1.99. The number of benzene rings is 1. The normalized spacial score (nSPS) is 11.3. The number of likely N-dealkylation sites (N-methyl/N-ethyl adjacent to an activating group) is 1. The van der Waals surface area contributed by atoms with Gasteiger partial charge in [-0.25, -0.2) is 0 Å². The first-order valence-electron chi connectivity index (χ1n) is 6.61. The van der Waals surface area contributed by atoms with Crippen LogP contribution >= 0.6 is 0 Å². The zero-order valence-electron chi connectivity index (χ0n) is 11.8. The van der Waals surface area contributed by atoms with Crippen molar-refractivity contribution in [2.24, 2.45) is 0 Å². The number of carbonyl (C=O) groups excluding carboxylic acids is 1. The van der Waals surface area contributed by atoms with Gasteiger partial charge < -0.3 is 10.6 Å². The molecule has 2 N–H and O–H groups in total. The highest BCUT2D eigenvalue weighted by atomic mass is 16.2. The Balaban J connectivity index is 2.62. The largest absolute Gasteiger partial charge is 0.350 e. The van der Waals surface area contributed by atoms with Crippen molar-refractivity contribution in [1.29, 1.82) is 0 Å². The van der Waals surface area contributed by atoms with Gasteiger partial charge in [-0.05, 0) is 37.9 Å². The molecule has 1 aromatic rings. The van der Waals surface area contributed by atoms with E-state index in [1.165, 1.54) is 11.1 Å². The average Bonchev–Trinajstić information content (AvgIpc) is 2.36. The van der Waals surface area contributed by atoms with Crippen LogP contribution < -0.4 is 10.6 Å². The molecular weight excluding hydrogens is 224 g/mol. The van der Waals surface area contributed by atoms with Crippen molar-refractivity contribution >= 4 is 5.91 Å². The zero-order chi connectivity index (χ0) is 13.6. The number of hydrogen-bond donors (Lipinski definition) is 2. The Labute approximate surface area is 110 Å². The topological polar surface area (TPSA) is 41.1 Å². The van der Waals surface area contributed by atoms with E-state index in [0.29, 0.717) is 6.54 Å². The van der Waals surface area contributed by atoms with Crippen molar-refractivity contribution in [3.05, 3.63) is 35.4 Å². The molecular formula is C15H24N2O. The number of aryl methyl sites for hydroxylation is 1. The fourth-order valence-electron chi connectivity index (χ4n) is 1.99. The van der Waals surface area contributed by atoms with Gasteiger partial charge in [0.15, 0.2) is 0 Å². The Hall–Kier alpha value is -1.35. The molecule has 0 bridgehead atoms. The Bertz CT molecular complexity index is 399. The molecule has 3 nitrogen and oxygen atoms in total. The van der Waals surface area contributed by atoms with Crippen molar-refractivity contribution in [1.82, 2.24) is 10.6 Å². The lowest BCUT2D eigenvalue weighted by Crippen LogP contribution is -2.52. The second-order valence-electron chi connectivity index (χ2n) is 4.96. The molecule has 0 atom stereocenters. The molecule has 1 amide bonds. The van der Waals surface area contributed by atoms with Crippen LogP contribution in [0.4, 0.5) is 0 Å². The van der Waals surface area contributed by atoms with Gasteiger partial charge >= 0.3 is 0 Å². The predicted octanol–water partition coefficient (Wildman–Crippen LogP) is 2.25. The van der Waals surface area contributed by atoms with Gasteiger partial charge in [0.1, 0.15) is 0 Å². The van der Waals surface area contributed by atoms with Crippen LogP contribution in [0, 0.1) is 0 Å². The first kappa shape index (κ1) is 14.7. The maximum Gasteiger partial charge on any atom is 0.239 e.